The minimum Gasteiger partial charge on any atom is -0.480 e. The van der Waals surface area contributed by atoms with Gasteiger partial charge >= 0.3 is 5.97 Å². The highest BCUT2D eigenvalue weighted by Gasteiger charge is 2.33. The van der Waals surface area contributed by atoms with Crippen LogP contribution in [0.2, 0.25) is 0 Å². The number of nitrogens with zero attached hydrogens (tertiary/aromatic N) is 4. The molecular weight excluding hydrogens is 320 g/mol. The van der Waals surface area contributed by atoms with E-state index in [0.29, 0.717) is 29.6 Å². The number of likely N-dealkylation sites (tertiary alicyclic amines) is 1. The average molecular weight is 344 g/mol. The van der Waals surface area contributed by atoms with Gasteiger partial charge in [-0.1, -0.05) is 6.92 Å². The van der Waals surface area contributed by atoms with Crippen molar-refractivity contribution in [3.63, 3.8) is 0 Å². The molecule has 7 heteroatoms. The lowest BCUT2D eigenvalue weighted by Gasteiger charge is -2.33. The zero-order valence-corrected chi connectivity index (χ0v) is 14.9. The van der Waals surface area contributed by atoms with Crippen LogP contribution in [0.4, 0.5) is 0 Å². The molecule has 7 nitrogen and oxygen atoms in total. The van der Waals surface area contributed by atoms with E-state index in [4.69, 9.17) is 0 Å². The van der Waals surface area contributed by atoms with Crippen molar-refractivity contribution in [2.75, 3.05) is 6.54 Å². The Morgan fingerprint density at radius 2 is 2.16 bits per heavy atom. The number of hydrogen-bond donors (Lipinski definition) is 1. The van der Waals surface area contributed by atoms with Gasteiger partial charge in [0, 0.05) is 12.2 Å². The normalized spacial score (nSPS) is 19.2. The second kappa shape index (κ2) is 6.82. The number of rotatable bonds is 4. The highest BCUT2D eigenvalue weighted by molar-refractivity contribution is 6.06. The number of piperidine rings is 1. The first-order chi connectivity index (χ1) is 11.9. The molecule has 0 aromatic carbocycles. The van der Waals surface area contributed by atoms with Crippen molar-refractivity contribution < 1.29 is 14.7 Å². The summed E-state index contributed by atoms with van der Waals surface area (Å²) in [6.07, 6.45) is 4.73. The van der Waals surface area contributed by atoms with Gasteiger partial charge < -0.3 is 10.0 Å². The molecule has 1 aliphatic rings. The predicted molar refractivity (Wildman–Crippen MR) is 93.6 cm³/mol. The zero-order chi connectivity index (χ0) is 18.1. The van der Waals surface area contributed by atoms with Gasteiger partial charge in [-0.3, -0.25) is 4.79 Å². The lowest BCUT2D eigenvalue weighted by atomic mass is 10.00. The number of aromatic nitrogens is 3. The molecule has 1 fully saturated rings. The van der Waals surface area contributed by atoms with Crippen molar-refractivity contribution in [2.24, 2.45) is 0 Å². The third-order valence-corrected chi connectivity index (χ3v) is 4.98. The molecule has 0 saturated carbocycles. The number of carbonyl (C=O) groups excluding carboxylic acids is 1. The molecule has 3 heterocycles. The van der Waals surface area contributed by atoms with Crippen LogP contribution in [0, 0.1) is 6.92 Å². The SMILES string of the molecule is CCC(C)n1ncc2c(C(=O)N3CCCC[C@@H]3C(=O)O)cc(C)nc21. The van der Waals surface area contributed by atoms with E-state index < -0.39 is 12.0 Å². The minimum atomic E-state index is -0.939. The summed E-state index contributed by atoms with van der Waals surface area (Å²) in [6.45, 7) is 6.45. The zero-order valence-electron chi connectivity index (χ0n) is 14.9. The lowest BCUT2D eigenvalue weighted by Crippen LogP contribution is -2.48. The Morgan fingerprint density at radius 1 is 1.40 bits per heavy atom. The van der Waals surface area contributed by atoms with Gasteiger partial charge in [-0.2, -0.15) is 5.10 Å². The molecule has 2 aromatic rings. The molecule has 0 bridgehead atoms. The molecule has 1 saturated heterocycles. The van der Waals surface area contributed by atoms with Gasteiger partial charge in [-0.25, -0.2) is 14.5 Å². The summed E-state index contributed by atoms with van der Waals surface area (Å²) in [5.74, 6) is -1.18. The molecule has 3 rings (SSSR count). The fraction of sp³-hybridized carbons (Fsp3) is 0.556. The molecule has 1 aliphatic heterocycles. The van der Waals surface area contributed by atoms with Crippen molar-refractivity contribution in [1.29, 1.82) is 0 Å². The summed E-state index contributed by atoms with van der Waals surface area (Å²) in [5.41, 5.74) is 1.90. The number of carbonyl (C=O) groups is 2. The second-order valence-electron chi connectivity index (χ2n) is 6.74. The third-order valence-electron chi connectivity index (χ3n) is 4.98. The average Bonchev–Trinajstić information content (AvgIpc) is 3.03. The van der Waals surface area contributed by atoms with E-state index >= 15 is 0 Å². The van der Waals surface area contributed by atoms with Crippen molar-refractivity contribution in [3.8, 4) is 0 Å². The van der Waals surface area contributed by atoms with Crippen LogP contribution >= 0.6 is 0 Å². The Hall–Kier alpha value is -2.44. The Balaban J connectivity index is 2.07. The molecule has 0 aliphatic carbocycles. The fourth-order valence-corrected chi connectivity index (χ4v) is 3.40. The summed E-state index contributed by atoms with van der Waals surface area (Å²) in [7, 11) is 0. The van der Waals surface area contributed by atoms with Crippen LogP contribution in [0.1, 0.15) is 61.6 Å². The summed E-state index contributed by atoms with van der Waals surface area (Å²) >= 11 is 0. The van der Waals surface area contributed by atoms with Gasteiger partial charge in [0.15, 0.2) is 5.65 Å². The highest BCUT2D eigenvalue weighted by Crippen LogP contribution is 2.26. The lowest BCUT2D eigenvalue weighted by molar-refractivity contribution is -0.143. The monoisotopic (exact) mass is 344 g/mol. The van der Waals surface area contributed by atoms with Crippen LogP contribution in [-0.4, -0.2) is 49.2 Å². The number of fused-ring (bicyclic) bond motifs is 1. The summed E-state index contributed by atoms with van der Waals surface area (Å²) in [5, 5.41) is 14.6. The van der Waals surface area contributed by atoms with Crippen LogP contribution in [0.5, 0.6) is 0 Å². The first-order valence-electron chi connectivity index (χ1n) is 8.82. The molecule has 25 heavy (non-hydrogen) atoms. The summed E-state index contributed by atoms with van der Waals surface area (Å²) in [6, 6.07) is 1.16. The van der Waals surface area contributed by atoms with Gasteiger partial charge in [0.2, 0.25) is 0 Å². The van der Waals surface area contributed by atoms with Crippen LogP contribution < -0.4 is 0 Å². The molecule has 2 aromatic heterocycles. The molecule has 2 atom stereocenters. The molecule has 1 unspecified atom stereocenters. The summed E-state index contributed by atoms with van der Waals surface area (Å²) < 4.78 is 1.84. The van der Waals surface area contributed by atoms with E-state index in [-0.39, 0.29) is 11.9 Å². The Bertz CT molecular complexity index is 814. The van der Waals surface area contributed by atoms with Gasteiger partial charge in [-0.15, -0.1) is 0 Å². The van der Waals surface area contributed by atoms with E-state index in [9.17, 15) is 14.7 Å². The van der Waals surface area contributed by atoms with Crippen LogP contribution in [0.25, 0.3) is 11.0 Å². The number of carboxylic acid groups (broad SMARTS) is 1. The van der Waals surface area contributed by atoms with E-state index in [1.807, 2.05) is 11.6 Å². The topological polar surface area (TPSA) is 88.3 Å². The Morgan fingerprint density at radius 3 is 2.84 bits per heavy atom. The number of aryl methyl sites for hydroxylation is 1. The van der Waals surface area contributed by atoms with Crippen LogP contribution in [-0.2, 0) is 4.79 Å². The smallest absolute Gasteiger partial charge is 0.326 e. The number of aliphatic carboxylic acids is 1. The number of pyridine rings is 1. The van der Waals surface area contributed by atoms with Crippen molar-refractivity contribution in [1.82, 2.24) is 19.7 Å². The maximum absolute atomic E-state index is 13.1. The first-order valence-corrected chi connectivity index (χ1v) is 8.82. The molecule has 1 N–H and O–H groups in total. The number of carboxylic acids is 1. The van der Waals surface area contributed by atoms with Gasteiger partial charge in [0.05, 0.1) is 23.2 Å². The minimum absolute atomic E-state index is 0.177. The predicted octanol–water partition coefficient (Wildman–Crippen LogP) is 2.79. The Labute approximate surface area is 146 Å². The molecular formula is C18H24N4O3. The number of amides is 1. The van der Waals surface area contributed by atoms with E-state index in [1.54, 1.807) is 12.3 Å². The third kappa shape index (κ3) is 3.10. The van der Waals surface area contributed by atoms with Gasteiger partial charge in [-0.05, 0) is 45.6 Å². The number of hydrogen-bond acceptors (Lipinski definition) is 4. The van der Waals surface area contributed by atoms with E-state index in [2.05, 4.69) is 23.9 Å². The largest absolute Gasteiger partial charge is 0.480 e. The Kier molecular flexibility index (Phi) is 4.74. The maximum Gasteiger partial charge on any atom is 0.326 e. The maximum atomic E-state index is 13.1. The summed E-state index contributed by atoms with van der Waals surface area (Å²) in [4.78, 5) is 30.7. The van der Waals surface area contributed by atoms with Crippen molar-refractivity contribution >= 4 is 22.9 Å². The van der Waals surface area contributed by atoms with Crippen molar-refractivity contribution in [3.05, 3.63) is 23.5 Å². The van der Waals surface area contributed by atoms with Crippen LogP contribution in [0.15, 0.2) is 12.3 Å². The fourth-order valence-electron chi connectivity index (χ4n) is 3.40. The first kappa shape index (κ1) is 17.4. The second-order valence-corrected chi connectivity index (χ2v) is 6.74. The van der Waals surface area contributed by atoms with E-state index in [1.165, 1.54) is 4.90 Å². The van der Waals surface area contributed by atoms with Gasteiger partial charge in [0.1, 0.15) is 6.04 Å². The standard InChI is InChI=1S/C18H24N4O3/c1-4-12(3)22-16-14(10-19-22)13(9-11(2)20-16)17(23)21-8-6-5-7-15(21)18(24)25/h9-10,12,15H,4-8H2,1-3H3,(H,24,25)/t12?,15-/m1/s1. The quantitative estimate of drug-likeness (QED) is 0.921. The van der Waals surface area contributed by atoms with Crippen LogP contribution in [0.3, 0.4) is 0 Å². The molecule has 1 amide bonds. The van der Waals surface area contributed by atoms with E-state index in [0.717, 1.165) is 25.0 Å². The molecule has 0 spiro atoms. The highest BCUT2D eigenvalue weighted by atomic mass is 16.4. The molecule has 0 radical (unpaired) electrons. The van der Waals surface area contributed by atoms with Crippen molar-refractivity contribution in [2.45, 2.75) is 58.5 Å². The van der Waals surface area contributed by atoms with Gasteiger partial charge in [0.25, 0.3) is 5.91 Å². The molecule has 134 valence electrons.